The van der Waals surface area contributed by atoms with E-state index in [1.54, 1.807) is 0 Å². The average Bonchev–Trinajstić information content (AvgIpc) is 3.26. The number of rotatable bonds is 3. The minimum atomic E-state index is -0.315. The van der Waals surface area contributed by atoms with E-state index < -0.39 is 0 Å². The minimum absolute atomic E-state index is 0.315. The van der Waals surface area contributed by atoms with Gasteiger partial charge >= 0.3 is 5.97 Å². The molecule has 0 saturated carbocycles. The molecule has 32 heavy (non-hydrogen) atoms. The lowest BCUT2D eigenvalue weighted by Gasteiger charge is -2.10. The van der Waals surface area contributed by atoms with Gasteiger partial charge < -0.3 is 9.30 Å². The van der Waals surface area contributed by atoms with Crippen LogP contribution in [0.25, 0.3) is 28.3 Å². The fourth-order valence-electron chi connectivity index (χ4n) is 4.42. The van der Waals surface area contributed by atoms with Gasteiger partial charge in [-0.3, -0.25) is 0 Å². The monoisotopic (exact) mass is 419 g/mol. The Morgan fingerprint density at radius 2 is 1.56 bits per heavy atom. The number of nitrogens with zero attached hydrogens (tertiary/aromatic N) is 1. The van der Waals surface area contributed by atoms with Crippen LogP contribution in [-0.2, 0) is 9.53 Å². The first-order valence-electron chi connectivity index (χ1n) is 10.8. The van der Waals surface area contributed by atoms with Gasteiger partial charge in [-0.15, -0.1) is 0 Å². The van der Waals surface area contributed by atoms with Crippen molar-refractivity contribution in [2.24, 2.45) is 0 Å². The number of hydrogen-bond donors (Lipinski definition) is 0. The molecule has 0 spiro atoms. The molecule has 0 aliphatic carbocycles. The van der Waals surface area contributed by atoms with Crippen molar-refractivity contribution in [2.45, 2.75) is 27.7 Å². The highest BCUT2D eigenvalue weighted by Gasteiger charge is 2.23. The lowest BCUT2D eigenvalue weighted by atomic mass is 10.0. The zero-order valence-corrected chi connectivity index (χ0v) is 18.8. The van der Waals surface area contributed by atoms with Crippen molar-refractivity contribution in [3.05, 3.63) is 112 Å². The third-order valence-electron chi connectivity index (χ3n) is 6.05. The summed E-state index contributed by atoms with van der Waals surface area (Å²) in [6, 6.07) is 23.0. The fourth-order valence-corrected chi connectivity index (χ4v) is 4.42. The van der Waals surface area contributed by atoms with E-state index in [0.29, 0.717) is 11.3 Å². The molecule has 158 valence electrons. The summed E-state index contributed by atoms with van der Waals surface area (Å²) in [5.74, 6) is 0.278. The Labute approximate surface area is 188 Å². The summed E-state index contributed by atoms with van der Waals surface area (Å²) < 4.78 is 7.85. The molecular weight excluding hydrogens is 394 g/mol. The molecule has 0 amide bonds. The molecule has 1 aliphatic heterocycles. The number of benzene rings is 3. The maximum absolute atomic E-state index is 12.6. The smallest absolute Gasteiger partial charge is 0.343 e. The van der Waals surface area contributed by atoms with Crippen molar-refractivity contribution in [2.75, 3.05) is 0 Å². The van der Waals surface area contributed by atoms with Gasteiger partial charge in [-0.25, -0.2) is 4.79 Å². The third-order valence-corrected chi connectivity index (χ3v) is 6.05. The lowest BCUT2D eigenvalue weighted by molar-refractivity contribution is -0.130. The Morgan fingerprint density at radius 1 is 0.812 bits per heavy atom. The van der Waals surface area contributed by atoms with E-state index in [2.05, 4.69) is 92.9 Å². The van der Waals surface area contributed by atoms with Crippen molar-refractivity contribution >= 4 is 28.6 Å². The molecule has 3 heteroatoms. The number of aryl methyl sites for hydroxylation is 3. The Bertz CT molecular complexity index is 1450. The van der Waals surface area contributed by atoms with Crippen LogP contribution in [0.15, 0.2) is 78.4 Å². The second-order valence-corrected chi connectivity index (χ2v) is 8.56. The molecule has 3 nitrogen and oxygen atoms in total. The second-order valence-electron chi connectivity index (χ2n) is 8.56. The first-order chi connectivity index (χ1) is 15.4. The van der Waals surface area contributed by atoms with Gasteiger partial charge in [-0.1, -0.05) is 48.0 Å². The number of esters is 1. The standard InChI is InChI=1S/C29H25NO2/c1-18-6-5-7-27(13-18)30-20(3)14-25(21(30)4)16-26-17-28(32-29(26)31)24-11-10-22-12-19(2)8-9-23(22)15-24/h5-17H,1-4H3/b26-16-. The molecular formula is C29H25NO2. The zero-order chi connectivity index (χ0) is 22.4. The number of hydrogen-bond acceptors (Lipinski definition) is 2. The van der Waals surface area contributed by atoms with Crippen LogP contribution in [0, 0.1) is 27.7 Å². The molecule has 5 rings (SSSR count). The molecule has 0 N–H and O–H groups in total. The van der Waals surface area contributed by atoms with E-state index in [-0.39, 0.29) is 5.97 Å². The van der Waals surface area contributed by atoms with E-state index >= 15 is 0 Å². The fraction of sp³-hybridized carbons (Fsp3) is 0.138. The number of carbonyl (C=O) groups is 1. The van der Waals surface area contributed by atoms with Crippen LogP contribution in [-0.4, -0.2) is 10.5 Å². The number of ether oxygens (including phenoxy) is 1. The molecule has 0 unspecified atom stereocenters. The molecule has 0 atom stereocenters. The quantitative estimate of drug-likeness (QED) is 0.269. The van der Waals surface area contributed by atoms with E-state index in [0.717, 1.165) is 33.6 Å². The van der Waals surface area contributed by atoms with Crippen molar-refractivity contribution in [1.29, 1.82) is 0 Å². The molecule has 1 aliphatic rings. The topological polar surface area (TPSA) is 31.2 Å². The summed E-state index contributed by atoms with van der Waals surface area (Å²) in [6.45, 7) is 8.34. The Kier molecular flexibility index (Phi) is 4.82. The number of aromatic nitrogens is 1. The van der Waals surface area contributed by atoms with Crippen molar-refractivity contribution in [3.63, 3.8) is 0 Å². The normalized spacial score (nSPS) is 14.8. The summed E-state index contributed by atoms with van der Waals surface area (Å²) in [6.07, 6.45) is 3.77. The van der Waals surface area contributed by atoms with Crippen molar-refractivity contribution in [3.8, 4) is 5.69 Å². The summed E-state index contributed by atoms with van der Waals surface area (Å²) in [7, 11) is 0. The first-order valence-corrected chi connectivity index (χ1v) is 10.8. The SMILES string of the molecule is Cc1cccc(-n2c(C)cc(/C=C3/C=C(c4ccc5cc(C)ccc5c4)OC3=O)c2C)c1. The average molecular weight is 420 g/mol. The zero-order valence-electron chi connectivity index (χ0n) is 18.8. The van der Waals surface area contributed by atoms with Gasteiger partial charge in [0.25, 0.3) is 0 Å². The van der Waals surface area contributed by atoms with E-state index in [9.17, 15) is 4.79 Å². The lowest BCUT2D eigenvalue weighted by Crippen LogP contribution is -2.00. The maximum atomic E-state index is 12.6. The van der Waals surface area contributed by atoms with E-state index in [1.165, 1.54) is 16.5 Å². The Balaban J connectivity index is 1.52. The van der Waals surface area contributed by atoms with Crippen LogP contribution in [0.4, 0.5) is 0 Å². The molecule has 0 radical (unpaired) electrons. The first kappa shape index (κ1) is 20.1. The maximum Gasteiger partial charge on any atom is 0.343 e. The van der Waals surface area contributed by atoms with Crippen molar-refractivity contribution in [1.82, 2.24) is 4.57 Å². The van der Waals surface area contributed by atoms with Gasteiger partial charge in [0, 0.05) is 22.6 Å². The molecule has 0 bridgehead atoms. The summed E-state index contributed by atoms with van der Waals surface area (Å²) in [5.41, 5.74) is 8.27. The van der Waals surface area contributed by atoms with Crippen LogP contribution >= 0.6 is 0 Å². The third kappa shape index (κ3) is 3.56. The van der Waals surface area contributed by atoms with Gasteiger partial charge in [0.2, 0.25) is 0 Å². The number of cyclic esters (lactones) is 1. The summed E-state index contributed by atoms with van der Waals surface area (Å²) in [4.78, 5) is 12.6. The molecule has 4 aromatic rings. The highest BCUT2D eigenvalue weighted by molar-refractivity contribution is 6.05. The number of carbonyl (C=O) groups excluding carboxylic acids is 1. The molecule has 2 heterocycles. The summed E-state index contributed by atoms with van der Waals surface area (Å²) in [5, 5.41) is 2.31. The van der Waals surface area contributed by atoms with E-state index in [1.807, 2.05) is 18.2 Å². The van der Waals surface area contributed by atoms with Crippen LogP contribution in [0.3, 0.4) is 0 Å². The number of fused-ring (bicyclic) bond motifs is 1. The molecule has 3 aromatic carbocycles. The predicted molar refractivity (Wildman–Crippen MR) is 131 cm³/mol. The highest BCUT2D eigenvalue weighted by atomic mass is 16.5. The van der Waals surface area contributed by atoms with E-state index in [4.69, 9.17) is 4.74 Å². The van der Waals surface area contributed by atoms with Crippen LogP contribution in [0.1, 0.15) is 33.6 Å². The van der Waals surface area contributed by atoms with Gasteiger partial charge in [-0.05, 0) is 86.0 Å². The second kappa shape index (κ2) is 7.69. The van der Waals surface area contributed by atoms with Crippen LogP contribution < -0.4 is 0 Å². The Morgan fingerprint density at radius 3 is 2.38 bits per heavy atom. The van der Waals surface area contributed by atoms with Gasteiger partial charge in [0.05, 0.1) is 5.57 Å². The molecule has 0 fully saturated rings. The Hall–Kier alpha value is -3.85. The van der Waals surface area contributed by atoms with Crippen LogP contribution in [0.2, 0.25) is 0 Å². The predicted octanol–water partition coefficient (Wildman–Crippen LogP) is 6.85. The van der Waals surface area contributed by atoms with Crippen molar-refractivity contribution < 1.29 is 9.53 Å². The summed E-state index contributed by atoms with van der Waals surface area (Å²) >= 11 is 0. The highest BCUT2D eigenvalue weighted by Crippen LogP contribution is 2.31. The molecule has 0 saturated heterocycles. The van der Waals surface area contributed by atoms with Gasteiger partial charge in [0.15, 0.2) is 0 Å². The largest absolute Gasteiger partial charge is 0.422 e. The molecule has 1 aromatic heterocycles. The van der Waals surface area contributed by atoms with Gasteiger partial charge in [0.1, 0.15) is 5.76 Å². The minimum Gasteiger partial charge on any atom is -0.422 e. The van der Waals surface area contributed by atoms with Crippen LogP contribution in [0.5, 0.6) is 0 Å². The van der Waals surface area contributed by atoms with Gasteiger partial charge in [-0.2, -0.15) is 0 Å².